The monoisotopic (exact) mass is 476 g/mol. The first-order chi connectivity index (χ1) is 16.8. The second-order valence-corrected chi connectivity index (χ2v) is 9.37. The molecule has 4 amide bonds. The van der Waals surface area contributed by atoms with Gasteiger partial charge in [0.05, 0.1) is 18.4 Å². The van der Waals surface area contributed by atoms with Gasteiger partial charge in [-0.2, -0.15) is 0 Å². The summed E-state index contributed by atoms with van der Waals surface area (Å²) < 4.78 is 10.8. The van der Waals surface area contributed by atoms with Gasteiger partial charge in [0.15, 0.2) is 11.5 Å². The van der Waals surface area contributed by atoms with Gasteiger partial charge in [-0.25, -0.2) is 0 Å². The van der Waals surface area contributed by atoms with Crippen LogP contribution in [0.15, 0.2) is 36.4 Å². The van der Waals surface area contributed by atoms with Crippen molar-refractivity contribution < 1.29 is 28.7 Å². The number of imide groups is 1. The predicted molar refractivity (Wildman–Crippen MR) is 122 cm³/mol. The quantitative estimate of drug-likeness (QED) is 0.542. The van der Waals surface area contributed by atoms with Crippen LogP contribution in [0.25, 0.3) is 0 Å². The normalized spacial score (nSPS) is 28.0. The summed E-state index contributed by atoms with van der Waals surface area (Å²) in [6, 6.07) is 10.1. The van der Waals surface area contributed by atoms with E-state index in [1.807, 2.05) is 25.1 Å². The highest BCUT2D eigenvalue weighted by molar-refractivity contribution is 6.15. The van der Waals surface area contributed by atoms with Crippen molar-refractivity contribution >= 4 is 29.3 Å². The third kappa shape index (κ3) is 2.99. The van der Waals surface area contributed by atoms with Crippen LogP contribution >= 0.6 is 0 Å². The molecule has 0 radical (unpaired) electrons. The molecule has 4 N–H and O–H groups in total. The van der Waals surface area contributed by atoms with E-state index in [9.17, 15) is 19.2 Å². The lowest BCUT2D eigenvalue weighted by atomic mass is 9.76. The van der Waals surface area contributed by atoms with Crippen molar-refractivity contribution in [3.05, 3.63) is 53.1 Å². The Hall–Kier alpha value is -3.92. The van der Waals surface area contributed by atoms with Gasteiger partial charge >= 0.3 is 0 Å². The first-order valence-electron chi connectivity index (χ1n) is 11.6. The van der Waals surface area contributed by atoms with Crippen LogP contribution in [0.2, 0.25) is 0 Å². The van der Waals surface area contributed by atoms with Gasteiger partial charge in [-0.3, -0.25) is 29.4 Å². The van der Waals surface area contributed by atoms with Crippen LogP contribution in [0.1, 0.15) is 30.0 Å². The summed E-state index contributed by atoms with van der Waals surface area (Å²) in [6.45, 7) is 2.13. The number of amides is 4. The molecule has 2 saturated heterocycles. The second-order valence-electron chi connectivity index (χ2n) is 9.37. The van der Waals surface area contributed by atoms with Gasteiger partial charge in [0.25, 0.3) is 0 Å². The third-order valence-electron chi connectivity index (χ3n) is 7.48. The molecule has 2 aromatic carbocycles. The molecule has 0 saturated carbocycles. The number of rotatable bonds is 5. The van der Waals surface area contributed by atoms with Crippen LogP contribution in [-0.2, 0) is 37.7 Å². The number of benzene rings is 2. The van der Waals surface area contributed by atoms with Crippen molar-refractivity contribution in [3.8, 4) is 11.5 Å². The number of anilines is 1. The van der Waals surface area contributed by atoms with Crippen LogP contribution in [-0.4, -0.2) is 41.4 Å². The van der Waals surface area contributed by atoms with Crippen molar-refractivity contribution in [2.24, 2.45) is 17.6 Å². The summed E-state index contributed by atoms with van der Waals surface area (Å²) in [5.74, 6) is -2.67. The van der Waals surface area contributed by atoms with Gasteiger partial charge < -0.3 is 20.5 Å². The van der Waals surface area contributed by atoms with Crippen LogP contribution < -0.4 is 25.8 Å². The Morgan fingerprint density at radius 1 is 1.09 bits per heavy atom. The number of hydrogen-bond donors (Lipinski definition) is 3. The molecule has 35 heavy (non-hydrogen) atoms. The topological polar surface area (TPSA) is 140 Å². The van der Waals surface area contributed by atoms with E-state index in [0.717, 1.165) is 12.0 Å². The zero-order valence-electron chi connectivity index (χ0n) is 19.0. The maximum atomic E-state index is 13.9. The smallest absolute Gasteiger partial charge is 0.250 e. The number of carbonyl (C=O) groups excluding carboxylic acids is 4. The zero-order valence-corrected chi connectivity index (χ0v) is 19.0. The molecule has 4 heterocycles. The minimum absolute atomic E-state index is 0.0180. The molecule has 2 fully saturated rings. The zero-order chi connectivity index (χ0) is 24.5. The summed E-state index contributed by atoms with van der Waals surface area (Å²) >= 11 is 0. The fourth-order valence-electron chi connectivity index (χ4n) is 5.90. The molecule has 4 aliphatic heterocycles. The molecule has 6 rings (SSSR count). The summed E-state index contributed by atoms with van der Waals surface area (Å²) in [6.07, 6.45) is 0.565. The van der Waals surface area contributed by atoms with Crippen molar-refractivity contribution in [2.45, 2.75) is 37.9 Å². The van der Waals surface area contributed by atoms with Crippen molar-refractivity contribution in [1.82, 2.24) is 10.2 Å². The summed E-state index contributed by atoms with van der Waals surface area (Å²) in [4.78, 5) is 54.0. The Kier molecular flexibility index (Phi) is 4.65. The Morgan fingerprint density at radius 2 is 1.86 bits per heavy atom. The van der Waals surface area contributed by atoms with Crippen LogP contribution in [0.4, 0.5) is 5.69 Å². The van der Waals surface area contributed by atoms with E-state index in [1.165, 1.54) is 4.90 Å². The molecule has 4 aliphatic rings. The maximum absolute atomic E-state index is 13.9. The number of primary amides is 1. The minimum atomic E-state index is -1.46. The Labute approximate surface area is 200 Å². The number of nitrogens with one attached hydrogen (secondary N) is 2. The van der Waals surface area contributed by atoms with E-state index < -0.39 is 47.0 Å². The van der Waals surface area contributed by atoms with Crippen LogP contribution in [0.3, 0.4) is 0 Å². The SMILES string of the molecule is CCc1ccc2c(c1)[C@@]1(N[C@@H](CC(N)=O)[C@H]3C(=O)N(Cc4ccc5c(c4)OCO5)C(=O)[C@H]31)C(=O)N2. The highest BCUT2D eigenvalue weighted by Gasteiger charge is 2.70. The van der Waals surface area contributed by atoms with E-state index in [0.29, 0.717) is 28.3 Å². The second kappa shape index (κ2) is 7.54. The molecule has 10 heteroatoms. The van der Waals surface area contributed by atoms with E-state index in [-0.39, 0.29) is 19.8 Å². The van der Waals surface area contributed by atoms with Crippen molar-refractivity contribution in [3.63, 3.8) is 0 Å². The van der Waals surface area contributed by atoms with Crippen LogP contribution in [0.5, 0.6) is 11.5 Å². The van der Waals surface area contributed by atoms with Crippen LogP contribution in [0, 0.1) is 11.8 Å². The lowest BCUT2D eigenvalue weighted by Crippen LogP contribution is -2.53. The summed E-state index contributed by atoms with van der Waals surface area (Å²) in [7, 11) is 0. The largest absolute Gasteiger partial charge is 0.454 e. The molecular weight excluding hydrogens is 452 g/mol. The average molecular weight is 476 g/mol. The molecule has 10 nitrogen and oxygen atoms in total. The van der Waals surface area contributed by atoms with E-state index in [1.54, 1.807) is 18.2 Å². The lowest BCUT2D eigenvalue weighted by Gasteiger charge is -2.29. The molecular formula is C25H24N4O6. The first-order valence-corrected chi connectivity index (χ1v) is 11.6. The van der Waals surface area contributed by atoms with Crippen molar-refractivity contribution in [2.75, 3.05) is 12.1 Å². The van der Waals surface area contributed by atoms with E-state index in [2.05, 4.69) is 10.6 Å². The maximum Gasteiger partial charge on any atom is 0.250 e. The van der Waals surface area contributed by atoms with Gasteiger partial charge in [0.2, 0.25) is 30.4 Å². The molecule has 0 aromatic heterocycles. The number of fused-ring (bicyclic) bond motifs is 5. The molecule has 2 aromatic rings. The highest BCUT2D eigenvalue weighted by atomic mass is 16.7. The van der Waals surface area contributed by atoms with E-state index in [4.69, 9.17) is 15.2 Å². The minimum Gasteiger partial charge on any atom is -0.454 e. The fraction of sp³-hybridized carbons (Fsp3) is 0.360. The number of nitrogens with two attached hydrogens (primary N) is 1. The standard InChI is InChI=1S/C25H24N4O6/c1-2-12-3-5-15-14(7-12)25(24(33)27-15)21-20(16(28-25)9-19(26)30)22(31)29(23(21)32)10-13-4-6-17-18(8-13)35-11-34-17/h3-8,16,20-21,28H,2,9-11H2,1H3,(H2,26,30)(H,27,33)/t16-,20+,21-,25-/m0/s1. The Morgan fingerprint density at radius 3 is 2.63 bits per heavy atom. The first kappa shape index (κ1) is 21.6. The summed E-state index contributed by atoms with van der Waals surface area (Å²) in [5.41, 5.74) is 6.93. The Balaban J connectivity index is 1.42. The van der Waals surface area contributed by atoms with Gasteiger partial charge in [-0.05, 0) is 35.7 Å². The number of aryl methyl sites for hydroxylation is 1. The molecule has 4 atom stereocenters. The average Bonchev–Trinajstić information content (AvgIpc) is 3.55. The molecule has 0 unspecified atom stereocenters. The lowest BCUT2D eigenvalue weighted by molar-refractivity contribution is -0.143. The number of likely N-dealkylation sites (tertiary alicyclic amines) is 1. The van der Waals surface area contributed by atoms with E-state index >= 15 is 0 Å². The number of carbonyl (C=O) groups is 4. The Bertz CT molecular complexity index is 1310. The number of ether oxygens (including phenoxy) is 2. The van der Waals surface area contributed by atoms with Gasteiger partial charge in [0, 0.05) is 23.7 Å². The van der Waals surface area contributed by atoms with Gasteiger partial charge in [0.1, 0.15) is 5.54 Å². The third-order valence-corrected chi connectivity index (χ3v) is 7.48. The van der Waals surface area contributed by atoms with Gasteiger partial charge in [-0.1, -0.05) is 25.1 Å². The van der Waals surface area contributed by atoms with Gasteiger partial charge in [-0.15, -0.1) is 0 Å². The summed E-state index contributed by atoms with van der Waals surface area (Å²) in [5, 5.41) is 6.08. The number of nitrogens with zero attached hydrogens (tertiary/aromatic N) is 1. The molecule has 180 valence electrons. The number of hydrogen-bond acceptors (Lipinski definition) is 7. The molecule has 1 spiro atoms. The molecule has 0 aliphatic carbocycles. The highest BCUT2D eigenvalue weighted by Crippen LogP contribution is 2.53. The fourth-order valence-corrected chi connectivity index (χ4v) is 5.90. The van der Waals surface area contributed by atoms with Crippen molar-refractivity contribution in [1.29, 1.82) is 0 Å². The molecule has 0 bridgehead atoms. The predicted octanol–water partition coefficient (Wildman–Crippen LogP) is 0.774.